The Morgan fingerprint density at radius 1 is 1.30 bits per heavy atom. The maximum atomic E-state index is 11.1. The third-order valence-corrected chi connectivity index (χ3v) is 2.89. The molecule has 0 aliphatic carbocycles. The molecule has 0 heterocycles. The van der Waals surface area contributed by atoms with E-state index >= 15 is 0 Å². The molecule has 5 heteroatoms. The Hall–Kier alpha value is -1.62. The van der Waals surface area contributed by atoms with Gasteiger partial charge in [-0.2, -0.15) is 0 Å². The van der Waals surface area contributed by atoms with Crippen LogP contribution in [0.15, 0.2) is 18.2 Å². The van der Waals surface area contributed by atoms with Crippen molar-refractivity contribution in [1.29, 1.82) is 0 Å². The molecule has 0 unspecified atom stereocenters. The van der Waals surface area contributed by atoms with E-state index in [9.17, 15) is 10.1 Å². The SMILES string of the molecule is CC(C)CCOc1ccc(CNC(C)C)cc1[N+](=O)[O-]. The van der Waals surface area contributed by atoms with Crippen molar-refractivity contribution in [2.75, 3.05) is 6.61 Å². The molecule has 0 fully saturated rings. The Balaban J connectivity index is 2.77. The molecule has 1 N–H and O–H groups in total. The molecule has 0 aliphatic rings. The molecule has 0 spiro atoms. The molecule has 0 bridgehead atoms. The maximum absolute atomic E-state index is 11.1. The van der Waals surface area contributed by atoms with Crippen LogP contribution in [0.4, 0.5) is 5.69 Å². The van der Waals surface area contributed by atoms with E-state index in [1.54, 1.807) is 12.1 Å². The number of nitro benzene ring substituents is 1. The van der Waals surface area contributed by atoms with E-state index in [4.69, 9.17) is 4.74 Å². The van der Waals surface area contributed by atoms with Crippen LogP contribution in [0.3, 0.4) is 0 Å². The van der Waals surface area contributed by atoms with Crippen LogP contribution in [0, 0.1) is 16.0 Å². The topological polar surface area (TPSA) is 64.4 Å². The minimum Gasteiger partial charge on any atom is -0.487 e. The van der Waals surface area contributed by atoms with Gasteiger partial charge in [0.2, 0.25) is 0 Å². The van der Waals surface area contributed by atoms with Gasteiger partial charge in [-0.15, -0.1) is 0 Å². The summed E-state index contributed by atoms with van der Waals surface area (Å²) in [6, 6.07) is 5.49. The van der Waals surface area contributed by atoms with Crippen molar-refractivity contribution in [1.82, 2.24) is 5.32 Å². The van der Waals surface area contributed by atoms with Crippen LogP contribution in [0.25, 0.3) is 0 Å². The number of nitro groups is 1. The summed E-state index contributed by atoms with van der Waals surface area (Å²) in [6.07, 6.45) is 0.883. The fourth-order valence-electron chi connectivity index (χ4n) is 1.66. The van der Waals surface area contributed by atoms with E-state index in [0.717, 1.165) is 12.0 Å². The third kappa shape index (κ3) is 5.57. The molecule has 0 aliphatic heterocycles. The van der Waals surface area contributed by atoms with Crippen LogP contribution in [-0.4, -0.2) is 17.6 Å². The lowest BCUT2D eigenvalue weighted by atomic mass is 10.1. The summed E-state index contributed by atoms with van der Waals surface area (Å²) in [5, 5.41) is 14.4. The zero-order valence-electron chi connectivity index (χ0n) is 12.7. The lowest BCUT2D eigenvalue weighted by Crippen LogP contribution is -2.21. The molecule has 0 aromatic heterocycles. The predicted octanol–water partition coefficient (Wildman–Crippen LogP) is 3.52. The number of hydrogen-bond donors (Lipinski definition) is 1. The number of nitrogens with zero attached hydrogens (tertiary/aromatic N) is 1. The number of nitrogens with one attached hydrogen (secondary N) is 1. The van der Waals surface area contributed by atoms with Crippen LogP contribution in [-0.2, 0) is 6.54 Å². The first-order valence-electron chi connectivity index (χ1n) is 7.03. The first kappa shape index (κ1) is 16.4. The van der Waals surface area contributed by atoms with Gasteiger partial charge in [0, 0.05) is 18.7 Å². The van der Waals surface area contributed by atoms with Crippen LogP contribution < -0.4 is 10.1 Å². The molecule has 112 valence electrons. The summed E-state index contributed by atoms with van der Waals surface area (Å²) < 4.78 is 5.53. The molecule has 0 saturated heterocycles. The summed E-state index contributed by atoms with van der Waals surface area (Å²) in [4.78, 5) is 10.7. The van der Waals surface area contributed by atoms with Crippen molar-refractivity contribution >= 4 is 5.69 Å². The number of ether oxygens (including phenoxy) is 1. The van der Waals surface area contributed by atoms with E-state index in [2.05, 4.69) is 19.2 Å². The summed E-state index contributed by atoms with van der Waals surface area (Å²) in [5.41, 5.74) is 0.929. The maximum Gasteiger partial charge on any atom is 0.311 e. The average molecular weight is 280 g/mol. The molecule has 1 rings (SSSR count). The van der Waals surface area contributed by atoms with Crippen molar-refractivity contribution in [3.63, 3.8) is 0 Å². The lowest BCUT2D eigenvalue weighted by Gasteiger charge is -2.11. The molecular formula is C15H24N2O3. The Labute approximate surface area is 120 Å². The number of rotatable bonds is 8. The zero-order chi connectivity index (χ0) is 15.1. The van der Waals surface area contributed by atoms with Gasteiger partial charge in [0.25, 0.3) is 0 Å². The highest BCUT2D eigenvalue weighted by Crippen LogP contribution is 2.28. The fraction of sp³-hybridized carbons (Fsp3) is 0.600. The average Bonchev–Trinajstić information content (AvgIpc) is 2.36. The van der Waals surface area contributed by atoms with Gasteiger partial charge in [-0.05, 0) is 24.0 Å². The van der Waals surface area contributed by atoms with Gasteiger partial charge in [0.05, 0.1) is 11.5 Å². The van der Waals surface area contributed by atoms with Crippen molar-refractivity contribution < 1.29 is 9.66 Å². The zero-order valence-corrected chi connectivity index (χ0v) is 12.7. The Morgan fingerprint density at radius 2 is 2.00 bits per heavy atom. The second-order valence-electron chi connectivity index (χ2n) is 5.63. The van der Waals surface area contributed by atoms with Crippen LogP contribution in [0.5, 0.6) is 5.75 Å². The van der Waals surface area contributed by atoms with Gasteiger partial charge in [0.1, 0.15) is 0 Å². The highest BCUT2D eigenvalue weighted by molar-refractivity contribution is 5.48. The van der Waals surface area contributed by atoms with Crippen LogP contribution in [0.2, 0.25) is 0 Å². The molecule has 0 atom stereocenters. The molecule has 1 aromatic carbocycles. The van der Waals surface area contributed by atoms with Gasteiger partial charge < -0.3 is 10.1 Å². The van der Waals surface area contributed by atoms with Crippen molar-refractivity contribution in [2.24, 2.45) is 5.92 Å². The van der Waals surface area contributed by atoms with Gasteiger partial charge in [-0.25, -0.2) is 0 Å². The standard InChI is InChI=1S/C15H24N2O3/c1-11(2)7-8-20-15-6-5-13(10-16-12(3)4)9-14(15)17(18)19/h5-6,9,11-12,16H,7-8,10H2,1-4H3. The Bertz CT molecular complexity index is 445. The molecule has 1 aromatic rings. The summed E-state index contributed by atoms with van der Waals surface area (Å²) >= 11 is 0. The van der Waals surface area contributed by atoms with E-state index in [0.29, 0.717) is 30.9 Å². The van der Waals surface area contributed by atoms with Gasteiger partial charge in [-0.3, -0.25) is 10.1 Å². The number of hydrogen-bond acceptors (Lipinski definition) is 4. The summed E-state index contributed by atoms with van der Waals surface area (Å²) in [7, 11) is 0. The lowest BCUT2D eigenvalue weighted by molar-refractivity contribution is -0.385. The number of benzene rings is 1. The van der Waals surface area contributed by atoms with Crippen LogP contribution in [0.1, 0.15) is 39.7 Å². The fourth-order valence-corrected chi connectivity index (χ4v) is 1.66. The molecule has 0 amide bonds. The second-order valence-corrected chi connectivity index (χ2v) is 5.63. The third-order valence-electron chi connectivity index (χ3n) is 2.89. The van der Waals surface area contributed by atoms with E-state index in [1.807, 2.05) is 19.9 Å². The summed E-state index contributed by atoms with van der Waals surface area (Å²) in [5.74, 6) is 0.868. The Morgan fingerprint density at radius 3 is 2.55 bits per heavy atom. The van der Waals surface area contributed by atoms with Gasteiger partial charge >= 0.3 is 5.69 Å². The van der Waals surface area contributed by atoms with Gasteiger partial charge in [-0.1, -0.05) is 33.8 Å². The highest BCUT2D eigenvalue weighted by Gasteiger charge is 2.16. The Kier molecular flexibility index (Phi) is 6.45. The highest BCUT2D eigenvalue weighted by atomic mass is 16.6. The smallest absolute Gasteiger partial charge is 0.311 e. The second kappa shape index (κ2) is 7.85. The molecular weight excluding hydrogens is 256 g/mol. The minimum atomic E-state index is -0.385. The van der Waals surface area contributed by atoms with Crippen LogP contribution >= 0.6 is 0 Å². The van der Waals surface area contributed by atoms with E-state index < -0.39 is 0 Å². The first-order valence-corrected chi connectivity index (χ1v) is 7.03. The largest absolute Gasteiger partial charge is 0.487 e. The van der Waals surface area contributed by atoms with E-state index in [1.165, 1.54) is 0 Å². The summed E-state index contributed by atoms with van der Waals surface area (Å²) in [6.45, 7) is 9.39. The quantitative estimate of drug-likeness (QED) is 0.584. The normalized spacial score (nSPS) is 11.1. The van der Waals surface area contributed by atoms with Gasteiger partial charge in [0.15, 0.2) is 5.75 Å². The minimum absolute atomic E-state index is 0.0387. The van der Waals surface area contributed by atoms with Crippen molar-refractivity contribution in [3.8, 4) is 5.75 Å². The van der Waals surface area contributed by atoms with E-state index in [-0.39, 0.29) is 10.6 Å². The molecule has 0 saturated carbocycles. The molecule has 0 radical (unpaired) electrons. The first-order chi connectivity index (χ1) is 9.40. The monoisotopic (exact) mass is 280 g/mol. The molecule has 5 nitrogen and oxygen atoms in total. The van der Waals surface area contributed by atoms with Crippen molar-refractivity contribution in [3.05, 3.63) is 33.9 Å². The molecule has 20 heavy (non-hydrogen) atoms. The van der Waals surface area contributed by atoms with Crippen molar-refractivity contribution in [2.45, 2.75) is 46.7 Å². The predicted molar refractivity (Wildman–Crippen MR) is 80.0 cm³/mol.